The normalized spacial score (nSPS) is 11.5. The Kier molecular flexibility index (Phi) is 5.59. The van der Waals surface area contributed by atoms with Crippen molar-refractivity contribution in [2.75, 3.05) is 0 Å². The molecule has 1 amide bonds. The molecule has 2 aromatic rings. The van der Waals surface area contributed by atoms with Gasteiger partial charge in [0, 0.05) is 23.9 Å². The predicted octanol–water partition coefficient (Wildman–Crippen LogP) is 3.17. The zero-order valence-electron chi connectivity index (χ0n) is 12.0. The fourth-order valence-electron chi connectivity index (χ4n) is 1.61. The molecule has 0 fully saturated rings. The Bertz CT molecular complexity index is 761. The van der Waals surface area contributed by atoms with Crippen LogP contribution < -0.4 is 5.43 Å². The van der Waals surface area contributed by atoms with Gasteiger partial charge in [-0.15, -0.1) is 0 Å². The van der Waals surface area contributed by atoms with Crippen LogP contribution in [0.4, 0.5) is 5.69 Å². The first-order chi connectivity index (χ1) is 11.2. The molecule has 1 N–H and O–H groups in total. The number of non-ortho nitro benzene ring substituents is 1. The summed E-state index contributed by atoms with van der Waals surface area (Å²) in [5, 5.41) is 14.4. The van der Waals surface area contributed by atoms with Crippen LogP contribution in [-0.4, -0.2) is 17.0 Å². The average Bonchev–Trinajstić information content (AvgIpc) is 3.07. The molecular formula is C16H13N3O4. The van der Waals surface area contributed by atoms with Crippen LogP contribution in [0.15, 0.2) is 70.4 Å². The highest BCUT2D eigenvalue weighted by Crippen LogP contribution is 2.12. The van der Waals surface area contributed by atoms with Crippen molar-refractivity contribution in [3.05, 3.63) is 82.3 Å². The standard InChI is InChI=1S/C16H13N3O4/c20-16(13-6-4-7-14(12-13)19(21)22)18-17-10-3-1-2-8-15-9-5-11-23-15/h1-12H,(H,18,20)/b3-1+,8-2+,17-10+. The molecule has 0 aliphatic heterocycles. The van der Waals surface area contributed by atoms with E-state index < -0.39 is 10.8 Å². The number of hydrogen-bond donors (Lipinski definition) is 1. The predicted molar refractivity (Wildman–Crippen MR) is 85.9 cm³/mol. The third-order valence-corrected chi connectivity index (χ3v) is 2.67. The van der Waals surface area contributed by atoms with Gasteiger partial charge in [-0.05, 0) is 30.4 Å². The molecule has 0 saturated heterocycles. The Morgan fingerprint density at radius 3 is 2.83 bits per heavy atom. The number of nitrogens with zero attached hydrogens (tertiary/aromatic N) is 2. The number of allylic oxidation sites excluding steroid dienone is 3. The van der Waals surface area contributed by atoms with Gasteiger partial charge in [-0.2, -0.15) is 5.10 Å². The summed E-state index contributed by atoms with van der Waals surface area (Å²) in [6.45, 7) is 0. The van der Waals surface area contributed by atoms with Crippen LogP contribution in [0.5, 0.6) is 0 Å². The minimum absolute atomic E-state index is 0.149. The zero-order chi connectivity index (χ0) is 16.5. The second kappa shape index (κ2) is 8.08. The Morgan fingerprint density at radius 2 is 2.09 bits per heavy atom. The van der Waals surface area contributed by atoms with Gasteiger partial charge in [0.25, 0.3) is 11.6 Å². The van der Waals surface area contributed by atoms with Gasteiger partial charge in [0.05, 0.1) is 11.2 Å². The molecule has 7 heteroatoms. The first-order valence-electron chi connectivity index (χ1n) is 6.61. The molecule has 23 heavy (non-hydrogen) atoms. The lowest BCUT2D eigenvalue weighted by molar-refractivity contribution is -0.384. The Balaban J connectivity index is 1.84. The number of carbonyl (C=O) groups is 1. The van der Waals surface area contributed by atoms with Crippen LogP contribution in [0.1, 0.15) is 16.1 Å². The van der Waals surface area contributed by atoms with Crippen molar-refractivity contribution in [1.29, 1.82) is 0 Å². The van der Waals surface area contributed by atoms with E-state index in [1.165, 1.54) is 30.5 Å². The van der Waals surface area contributed by atoms with Gasteiger partial charge in [0.2, 0.25) is 0 Å². The van der Waals surface area contributed by atoms with Crippen molar-refractivity contribution in [3.8, 4) is 0 Å². The van der Waals surface area contributed by atoms with E-state index in [1.807, 2.05) is 6.07 Å². The van der Waals surface area contributed by atoms with Crippen molar-refractivity contribution < 1.29 is 14.1 Å². The number of furan rings is 1. The van der Waals surface area contributed by atoms with Crippen molar-refractivity contribution in [2.24, 2.45) is 5.10 Å². The lowest BCUT2D eigenvalue weighted by Crippen LogP contribution is -2.17. The molecule has 0 unspecified atom stereocenters. The van der Waals surface area contributed by atoms with Crippen LogP contribution in [0, 0.1) is 10.1 Å². The van der Waals surface area contributed by atoms with E-state index in [4.69, 9.17) is 4.42 Å². The van der Waals surface area contributed by atoms with Crippen molar-refractivity contribution in [2.45, 2.75) is 0 Å². The summed E-state index contributed by atoms with van der Waals surface area (Å²) in [7, 11) is 0. The Labute approximate surface area is 131 Å². The van der Waals surface area contributed by atoms with Gasteiger partial charge in [-0.25, -0.2) is 5.43 Å². The van der Waals surface area contributed by atoms with Gasteiger partial charge in [0.1, 0.15) is 5.76 Å². The second-order valence-electron chi connectivity index (χ2n) is 4.29. The first kappa shape index (κ1) is 15.9. The highest BCUT2D eigenvalue weighted by atomic mass is 16.6. The molecule has 7 nitrogen and oxygen atoms in total. The lowest BCUT2D eigenvalue weighted by Gasteiger charge is -1.98. The molecule has 1 heterocycles. The maximum absolute atomic E-state index is 11.8. The van der Waals surface area contributed by atoms with E-state index in [0.29, 0.717) is 0 Å². The molecule has 0 atom stereocenters. The van der Waals surface area contributed by atoms with E-state index in [9.17, 15) is 14.9 Å². The Morgan fingerprint density at radius 1 is 1.22 bits per heavy atom. The number of nitro groups is 1. The summed E-state index contributed by atoms with van der Waals surface area (Å²) < 4.78 is 5.11. The zero-order valence-corrected chi connectivity index (χ0v) is 12.0. The largest absolute Gasteiger partial charge is 0.465 e. The quantitative estimate of drug-likeness (QED) is 0.383. The third kappa shape index (κ3) is 5.09. The number of hydrazone groups is 1. The summed E-state index contributed by atoms with van der Waals surface area (Å²) in [5.74, 6) is 0.204. The number of benzene rings is 1. The highest BCUT2D eigenvalue weighted by Gasteiger charge is 2.10. The van der Waals surface area contributed by atoms with E-state index in [2.05, 4.69) is 10.5 Å². The number of hydrogen-bond acceptors (Lipinski definition) is 5. The lowest BCUT2D eigenvalue weighted by atomic mass is 10.2. The average molecular weight is 311 g/mol. The summed E-state index contributed by atoms with van der Waals surface area (Å²) in [4.78, 5) is 21.8. The minimum atomic E-state index is -0.561. The second-order valence-corrected chi connectivity index (χ2v) is 4.29. The molecule has 2 rings (SSSR count). The van der Waals surface area contributed by atoms with Gasteiger partial charge in [-0.3, -0.25) is 14.9 Å². The summed E-state index contributed by atoms with van der Waals surface area (Å²) in [5.41, 5.74) is 2.30. The molecule has 0 aliphatic rings. The molecule has 1 aromatic heterocycles. The van der Waals surface area contributed by atoms with Gasteiger partial charge < -0.3 is 4.42 Å². The SMILES string of the molecule is O=C(N/N=C/C=C/C=C/c1ccco1)c1cccc([N+](=O)[O-])c1. The number of carbonyl (C=O) groups excluding carboxylic acids is 1. The van der Waals surface area contributed by atoms with Crippen LogP contribution in [0.25, 0.3) is 6.08 Å². The summed E-state index contributed by atoms with van der Waals surface area (Å²) in [6, 6.07) is 9.02. The fraction of sp³-hybridized carbons (Fsp3) is 0. The summed E-state index contributed by atoms with van der Waals surface area (Å²) in [6.07, 6.45) is 9.83. The minimum Gasteiger partial charge on any atom is -0.465 e. The number of nitrogens with one attached hydrogen (secondary N) is 1. The monoisotopic (exact) mass is 311 g/mol. The molecule has 116 valence electrons. The van der Waals surface area contributed by atoms with Crippen molar-refractivity contribution in [1.82, 2.24) is 5.43 Å². The third-order valence-electron chi connectivity index (χ3n) is 2.67. The molecule has 1 aromatic carbocycles. The topological polar surface area (TPSA) is 97.7 Å². The van der Waals surface area contributed by atoms with E-state index in [1.54, 1.807) is 36.6 Å². The molecule has 0 radical (unpaired) electrons. The van der Waals surface area contributed by atoms with E-state index in [-0.39, 0.29) is 11.3 Å². The molecule has 0 bridgehead atoms. The van der Waals surface area contributed by atoms with Crippen LogP contribution >= 0.6 is 0 Å². The fourth-order valence-corrected chi connectivity index (χ4v) is 1.61. The van der Waals surface area contributed by atoms with Crippen molar-refractivity contribution >= 4 is 23.9 Å². The van der Waals surface area contributed by atoms with Crippen LogP contribution in [0.2, 0.25) is 0 Å². The molecular weight excluding hydrogens is 298 g/mol. The highest BCUT2D eigenvalue weighted by molar-refractivity contribution is 5.95. The molecule has 0 saturated carbocycles. The van der Waals surface area contributed by atoms with Gasteiger partial charge >= 0.3 is 0 Å². The van der Waals surface area contributed by atoms with Crippen molar-refractivity contribution in [3.63, 3.8) is 0 Å². The van der Waals surface area contributed by atoms with Gasteiger partial charge in [0.15, 0.2) is 0 Å². The van der Waals surface area contributed by atoms with Crippen LogP contribution in [0.3, 0.4) is 0 Å². The summed E-state index contributed by atoms with van der Waals surface area (Å²) >= 11 is 0. The van der Waals surface area contributed by atoms with Crippen LogP contribution in [-0.2, 0) is 0 Å². The first-order valence-corrected chi connectivity index (χ1v) is 6.61. The Hall–Kier alpha value is -3.48. The number of amides is 1. The molecule has 0 aliphatic carbocycles. The smallest absolute Gasteiger partial charge is 0.271 e. The van der Waals surface area contributed by atoms with E-state index >= 15 is 0 Å². The molecule has 0 spiro atoms. The number of nitro benzene ring substituents is 1. The maximum Gasteiger partial charge on any atom is 0.271 e. The maximum atomic E-state index is 11.8. The van der Waals surface area contributed by atoms with E-state index in [0.717, 1.165) is 5.76 Å². The number of rotatable bonds is 6. The van der Waals surface area contributed by atoms with Gasteiger partial charge in [-0.1, -0.05) is 18.2 Å².